The Morgan fingerprint density at radius 3 is 0.914 bits per heavy atom. The third-order valence-corrected chi connectivity index (χ3v) is 12.8. The molecule has 2 aliphatic rings. The Bertz CT molecular complexity index is 3390. The van der Waals surface area contributed by atoms with Crippen LogP contribution in [0.25, 0.3) is 89.7 Å². The van der Waals surface area contributed by atoms with E-state index in [1.54, 1.807) is 60.7 Å². The fraction of sp³-hybridized carbons (Fsp3) is 0. The van der Waals surface area contributed by atoms with Crippen LogP contribution in [0.1, 0.15) is 0 Å². The molecule has 8 bridgehead atoms. The van der Waals surface area contributed by atoms with Crippen LogP contribution in [-0.4, -0.2) is 91.8 Å². The first-order chi connectivity index (χ1) is 26.3. The molecule has 5 heterocycles. The van der Waals surface area contributed by atoms with E-state index < -0.39 is 82.1 Å². The van der Waals surface area contributed by atoms with Gasteiger partial charge in [0, 0.05) is 43.8 Å². The zero-order chi connectivity index (χ0) is 39.7. The van der Waals surface area contributed by atoms with Gasteiger partial charge in [0.25, 0.3) is 0 Å². The average molecular weight is 958 g/mol. The summed E-state index contributed by atoms with van der Waals surface area (Å²) in [4.78, 5) is 23.0. The van der Waals surface area contributed by atoms with Crippen molar-refractivity contribution in [1.29, 1.82) is 0 Å². The van der Waals surface area contributed by atoms with Crippen LogP contribution in [0.4, 0.5) is 0 Å². The number of nitrogens with one attached hydrogen (secondary N) is 2. The fourth-order valence-electron chi connectivity index (χ4n) is 6.72. The Morgan fingerprint density at radius 1 is 0.362 bits per heavy atom. The van der Waals surface area contributed by atoms with Gasteiger partial charge in [0.2, 0.25) is 0 Å². The van der Waals surface area contributed by atoms with E-state index in [2.05, 4.69) is 29.9 Å². The third-order valence-electron chi connectivity index (χ3n) is 8.82. The molecule has 0 amide bonds. The van der Waals surface area contributed by atoms with Crippen LogP contribution in [0.15, 0.2) is 92.4 Å². The van der Waals surface area contributed by atoms with Gasteiger partial charge in [0.05, 0.1) is 19.6 Å². The number of benzene rings is 4. The molecule has 58 heavy (non-hydrogen) atoms. The van der Waals surface area contributed by atoms with E-state index >= 15 is 0 Å². The molecule has 0 unspecified atom stereocenters. The van der Waals surface area contributed by atoms with Crippen molar-refractivity contribution in [2.75, 3.05) is 0 Å². The number of nitrogens with zero attached hydrogens (tertiary/aromatic N) is 6. The maximum absolute atomic E-state index is 13.0. The molecule has 26 heteroatoms. The van der Waals surface area contributed by atoms with Crippen molar-refractivity contribution in [2.45, 2.75) is 19.6 Å². The number of rotatable bonds is 4. The average Bonchev–Trinajstić information content (AvgIpc) is 3.84. The van der Waals surface area contributed by atoms with E-state index in [4.69, 9.17) is 9.97 Å². The molecule has 0 spiro atoms. The van der Waals surface area contributed by atoms with E-state index in [9.17, 15) is 51.9 Å². The Hall–Kier alpha value is -5.08. The van der Waals surface area contributed by atoms with E-state index in [1.165, 1.54) is 12.1 Å². The Labute approximate surface area is 346 Å². The minimum absolute atomic E-state index is 0. The molecule has 300 valence electrons. The van der Waals surface area contributed by atoms with Crippen molar-refractivity contribution >= 4 is 84.6 Å². The molecule has 3 aromatic heterocycles. The molecule has 2 aliphatic heterocycles. The van der Waals surface area contributed by atoms with Gasteiger partial charge in [-0.1, -0.05) is 72.8 Å². The van der Waals surface area contributed by atoms with Crippen molar-refractivity contribution < 1.29 is 86.0 Å². The zero-order valence-electron chi connectivity index (χ0n) is 27.7. The van der Waals surface area contributed by atoms with Gasteiger partial charge in [-0.05, 0) is 0 Å². The van der Waals surface area contributed by atoms with Crippen molar-refractivity contribution in [3.05, 3.63) is 72.8 Å². The molecule has 0 saturated carbocycles. The maximum atomic E-state index is 13.0. The van der Waals surface area contributed by atoms with E-state index in [0.717, 1.165) is 0 Å². The molecule has 2 radical (unpaired) electrons. The van der Waals surface area contributed by atoms with Gasteiger partial charge in [-0.25, -0.2) is 63.6 Å². The summed E-state index contributed by atoms with van der Waals surface area (Å²) >= 11 is 0. The van der Waals surface area contributed by atoms with Crippen LogP contribution in [0, 0.1) is 0 Å². The summed E-state index contributed by atoms with van der Waals surface area (Å²) in [6.07, 6.45) is 0. The summed E-state index contributed by atoms with van der Waals surface area (Å²) in [6, 6.07) is 19.6. The largest absolute Gasteiger partial charge is 2.00 e. The topological polar surface area (TPSA) is 338 Å². The Morgan fingerprint density at radius 2 is 0.621 bits per heavy atom. The van der Waals surface area contributed by atoms with Crippen molar-refractivity contribution in [1.82, 2.24) is 39.9 Å². The van der Waals surface area contributed by atoms with E-state index in [-0.39, 0.29) is 79.9 Å². The van der Waals surface area contributed by atoms with Crippen LogP contribution in [0.3, 0.4) is 0 Å². The first kappa shape index (κ1) is 41.1. The fourth-order valence-corrected chi connectivity index (χ4v) is 11.6. The maximum Gasteiger partial charge on any atom is 2.00 e. The van der Waals surface area contributed by atoms with Gasteiger partial charge in [0.1, 0.15) is 63.1 Å². The quantitative estimate of drug-likeness (QED) is 0.189. The molecule has 20 nitrogen and oxygen atoms in total. The van der Waals surface area contributed by atoms with Crippen LogP contribution >= 0.6 is 0 Å². The summed E-state index contributed by atoms with van der Waals surface area (Å²) < 4.78 is 154. The monoisotopic (exact) mass is 956 g/mol. The molecular weight excluding hydrogens is 944 g/mol. The van der Waals surface area contributed by atoms with Crippen LogP contribution < -0.4 is 0 Å². The first-order valence-electron chi connectivity index (χ1n) is 15.5. The Balaban J connectivity index is 0.00000256. The van der Waals surface area contributed by atoms with E-state index in [1.807, 2.05) is 0 Å². The van der Waals surface area contributed by atoms with Gasteiger partial charge in [0.15, 0.2) is 23.3 Å². The van der Waals surface area contributed by atoms with Crippen LogP contribution in [-0.2, 0) is 74.6 Å². The molecule has 0 aliphatic carbocycles. The number of fused-ring (bicyclic) bond motifs is 20. The van der Waals surface area contributed by atoms with Crippen molar-refractivity contribution in [3.63, 3.8) is 0 Å². The number of hydrogen-bond donors (Lipinski definition) is 2. The molecule has 4 aromatic carbocycles. The molecule has 9 rings (SSSR count). The second-order valence-electron chi connectivity index (χ2n) is 12.1. The molecule has 2 N–H and O–H groups in total. The van der Waals surface area contributed by atoms with Gasteiger partial charge in [-0.3, -0.25) is 0 Å². The Kier molecular flexibility index (Phi) is 9.75. The second kappa shape index (κ2) is 13.8. The van der Waals surface area contributed by atoms with Gasteiger partial charge in [-0.15, -0.1) is 0 Å². The second-order valence-corrected chi connectivity index (χ2v) is 17.4. The predicted octanol–water partition coefficient (Wildman–Crippen LogP) is 2.48. The van der Waals surface area contributed by atoms with Crippen molar-refractivity contribution in [3.8, 4) is 45.6 Å². The summed E-state index contributed by atoms with van der Waals surface area (Å²) in [5.41, 5.74) is -0.283. The van der Waals surface area contributed by atoms with E-state index in [0.29, 0.717) is 21.9 Å². The normalized spacial score (nSPS) is 12.8. The third kappa shape index (κ3) is 6.48. The number of hydrogen-bond acceptors (Lipinski definition) is 18. The van der Waals surface area contributed by atoms with Crippen molar-refractivity contribution in [2.24, 2.45) is 0 Å². The summed E-state index contributed by atoms with van der Waals surface area (Å²) in [6.45, 7) is 0. The molecule has 0 atom stereocenters. The zero-order valence-corrected chi connectivity index (χ0v) is 32.9. The van der Waals surface area contributed by atoms with Crippen LogP contribution in [0.5, 0.6) is 0 Å². The van der Waals surface area contributed by atoms with Crippen LogP contribution in [0.2, 0.25) is 0 Å². The SMILES string of the molecule is O=S(=O)([O-])c1c(S(=O)(=O)[O-])c(S(=O)(=O)[O-])c2c3nc4nc(nc5[nH]c(nc6nc(nc([nH]3)c2c1S(=O)(=O)[O-])-c1ccccc1-6)c1ccccc51)-c1ccccc1-4.[Cu+2].[Cu+2]. The first-order valence-corrected chi connectivity index (χ1v) is 21.1. The number of aromatic nitrogens is 8. The molecule has 0 fully saturated rings. The molecular formula is C32H14Cu2N8O12S4. The predicted molar refractivity (Wildman–Crippen MR) is 188 cm³/mol. The smallest absolute Gasteiger partial charge is 0.744 e. The minimum Gasteiger partial charge on any atom is -0.744 e. The summed E-state index contributed by atoms with van der Waals surface area (Å²) in [5.74, 6) is -0.637. The minimum atomic E-state index is -6.60. The standard InChI is InChI=1S/C32H18N8O12S4.2Cu/c41-53(42,43)21-19-20(22(54(44,45)46)24(56(50,51)52)23(21)55(47,48)49)32-39-30-18-12-6-4-10-16(18)28(37-30)35-26-14-8-2-1-7-13(14)25(33-26)34-27-15-9-3-5-11-17(15)29(36-27)38-31(19)40-32;;/h1-12H,(H,41,42,43)(H,44,45,46)(H,47,48,49)(H,50,51,52)(H2,33,34,35,36,37,38,39,40);;/q;2*+2/p-4. The van der Waals surface area contributed by atoms with Gasteiger partial charge >= 0.3 is 34.1 Å². The summed E-state index contributed by atoms with van der Waals surface area (Å²) in [7, 11) is -26.0. The van der Waals surface area contributed by atoms with Gasteiger partial charge < -0.3 is 28.2 Å². The molecule has 0 saturated heterocycles. The number of H-pyrrole nitrogens is 2. The summed E-state index contributed by atoms with van der Waals surface area (Å²) in [5, 5.41) is -1.56. The number of aromatic amines is 2. The molecule has 7 aromatic rings. The van der Waals surface area contributed by atoms with Gasteiger partial charge in [-0.2, -0.15) is 0 Å².